The average Bonchev–Trinajstić information content (AvgIpc) is 2.58. The summed E-state index contributed by atoms with van der Waals surface area (Å²) in [6.45, 7) is 1.23. The van der Waals surface area contributed by atoms with Gasteiger partial charge < -0.3 is 5.32 Å². The molecule has 0 aromatic rings. The zero-order valence-electron chi connectivity index (χ0n) is 6.71. The minimum Gasteiger partial charge on any atom is -0.304 e. The fourth-order valence-corrected chi connectivity index (χ4v) is 4.51. The summed E-state index contributed by atoms with van der Waals surface area (Å²) in [5.41, 5.74) is 0. The quantitative estimate of drug-likeness (QED) is 0.677. The SMILES string of the molecule is C1CCC(C2NCCS2)SC1. The van der Waals surface area contributed by atoms with Crippen molar-refractivity contribution in [1.82, 2.24) is 5.32 Å². The molecule has 0 spiro atoms. The maximum absolute atomic E-state index is 3.57. The van der Waals surface area contributed by atoms with Crippen LogP contribution in [-0.4, -0.2) is 28.7 Å². The molecule has 2 unspecified atom stereocenters. The highest BCUT2D eigenvalue weighted by atomic mass is 32.2. The molecule has 0 bridgehead atoms. The summed E-state index contributed by atoms with van der Waals surface area (Å²) in [6, 6.07) is 0. The fraction of sp³-hybridized carbons (Fsp3) is 1.00. The van der Waals surface area contributed by atoms with Crippen LogP contribution in [0.25, 0.3) is 0 Å². The summed E-state index contributed by atoms with van der Waals surface area (Å²) in [6.07, 6.45) is 4.34. The molecule has 2 aliphatic rings. The molecule has 2 heterocycles. The zero-order valence-corrected chi connectivity index (χ0v) is 8.35. The van der Waals surface area contributed by atoms with Crippen LogP contribution in [0.15, 0.2) is 0 Å². The van der Waals surface area contributed by atoms with Crippen molar-refractivity contribution >= 4 is 23.5 Å². The van der Waals surface area contributed by atoms with E-state index in [4.69, 9.17) is 0 Å². The molecule has 2 atom stereocenters. The highest BCUT2D eigenvalue weighted by molar-refractivity contribution is 8.03. The Kier molecular flexibility index (Phi) is 3.05. The maximum atomic E-state index is 3.57. The van der Waals surface area contributed by atoms with Crippen molar-refractivity contribution in [3.05, 3.63) is 0 Å². The summed E-state index contributed by atoms with van der Waals surface area (Å²) in [5, 5.41) is 5.26. The summed E-state index contributed by atoms with van der Waals surface area (Å²) >= 11 is 4.29. The Morgan fingerprint density at radius 3 is 2.73 bits per heavy atom. The molecular formula is C8H15NS2. The Balaban J connectivity index is 1.82. The minimum absolute atomic E-state index is 0.778. The Morgan fingerprint density at radius 1 is 1.09 bits per heavy atom. The van der Waals surface area contributed by atoms with E-state index in [9.17, 15) is 0 Å². The number of thioether (sulfide) groups is 2. The van der Waals surface area contributed by atoms with Gasteiger partial charge in [-0.2, -0.15) is 11.8 Å². The number of hydrogen-bond donors (Lipinski definition) is 1. The van der Waals surface area contributed by atoms with Crippen LogP contribution in [0.4, 0.5) is 0 Å². The third-order valence-electron chi connectivity index (χ3n) is 2.30. The topological polar surface area (TPSA) is 12.0 Å². The average molecular weight is 189 g/mol. The van der Waals surface area contributed by atoms with Gasteiger partial charge in [-0.05, 0) is 18.6 Å². The Hall–Kier alpha value is 0.660. The second-order valence-electron chi connectivity index (χ2n) is 3.15. The minimum atomic E-state index is 0.778. The van der Waals surface area contributed by atoms with Crippen molar-refractivity contribution in [2.75, 3.05) is 18.1 Å². The standard InChI is InChI=1S/C8H15NS2/c1-2-5-10-7(3-1)8-9-4-6-11-8/h7-9H,1-6H2. The molecule has 3 heteroatoms. The van der Waals surface area contributed by atoms with Crippen molar-refractivity contribution in [2.24, 2.45) is 0 Å². The molecule has 0 aromatic heterocycles. The third-order valence-corrected chi connectivity index (χ3v) is 5.22. The van der Waals surface area contributed by atoms with Gasteiger partial charge in [0.1, 0.15) is 0 Å². The molecule has 0 radical (unpaired) electrons. The van der Waals surface area contributed by atoms with Gasteiger partial charge in [0.2, 0.25) is 0 Å². The fourth-order valence-electron chi connectivity index (χ4n) is 1.69. The third kappa shape index (κ3) is 2.07. The number of rotatable bonds is 1. The lowest BCUT2D eigenvalue weighted by atomic mass is 10.2. The first-order chi connectivity index (χ1) is 5.47. The van der Waals surface area contributed by atoms with Gasteiger partial charge in [-0.3, -0.25) is 0 Å². The highest BCUT2D eigenvalue weighted by Gasteiger charge is 2.26. The van der Waals surface area contributed by atoms with Crippen molar-refractivity contribution in [3.8, 4) is 0 Å². The second kappa shape index (κ2) is 4.06. The normalized spacial score (nSPS) is 39.3. The van der Waals surface area contributed by atoms with E-state index in [0.29, 0.717) is 0 Å². The number of nitrogens with one attached hydrogen (secondary N) is 1. The molecule has 0 aliphatic carbocycles. The molecule has 1 nitrogen and oxygen atoms in total. The van der Waals surface area contributed by atoms with Crippen LogP contribution in [0.2, 0.25) is 0 Å². The van der Waals surface area contributed by atoms with Crippen molar-refractivity contribution in [1.29, 1.82) is 0 Å². The Bertz CT molecular complexity index is 117. The van der Waals surface area contributed by atoms with E-state index in [0.717, 1.165) is 10.6 Å². The van der Waals surface area contributed by atoms with Crippen molar-refractivity contribution in [3.63, 3.8) is 0 Å². The Morgan fingerprint density at radius 2 is 2.09 bits per heavy atom. The predicted molar refractivity (Wildman–Crippen MR) is 54.3 cm³/mol. The van der Waals surface area contributed by atoms with Gasteiger partial charge in [-0.15, -0.1) is 11.8 Å². The highest BCUT2D eigenvalue weighted by Crippen LogP contribution is 2.33. The molecule has 1 N–H and O–H groups in total. The van der Waals surface area contributed by atoms with E-state index in [1.807, 2.05) is 0 Å². The van der Waals surface area contributed by atoms with Crippen LogP contribution in [0, 0.1) is 0 Å². The van der Waals surface area contributed by atoms with E-state index >= 15 is 0 Å². The summed E-state index contributed by atoms with van der Waals surface area (Å²) in [4.78, 5) is 0. The molecule has 11 heavy (non-hydrogen) atoms. The zero-order chi connectivity index (χ0) is 7.52. The molecule has 0 amide bonds. The second-order valence-corrected chi connectivity index (χ2v) is 5.75. The van der Waals surface area contributed by atoms with Gasteiger partial charge in [-0.25, -0.2) is 0 Å². The van der Waals surface area contributed by atoms with E-state index in [2.05, 4.69) is 28.8 Å². The van der Waals surface area contributed by atoms with Crippen LogP contribution >= 0.6 is 23.5 Å². The lowest BCUT2D eigenvalue weighted by Gasteiger charge is -2.26. The smallest absolute Gasteiger partial charge is 0.0653 e. The monoisotopic (exact) mass is 189 g/mol. The molecule has 64 valence electrons. The van der Waals surface area contributed by atoms with E-state index in [1.165, 1.54) is 37.3 Å². The van der Waals surface area contributed by atoms with Crippen LogP contribution in [0.5, 0.6) is 0 Å². The van der Waals surface area contributed by atoms with Gasteiger partial charge in [0.15, 0.2) is 0 Å². The van der Waals surface area contributed by atoms with Gasteiger partial charge in [0.05, 0.1) is 5.37 Å². The van der Waals surface area contributed by atoms with E-state index in [-0.39, 0.29) is 0 Å². The predicted octanol–water partition coefficient (Wildman–Crippen LogP) is 1.93. The Labute approximate surface area is 77.1 Å². The summed E-state index contributed by atoms with van der Waals surface area (Å²) in [7, 11) is 0. The molecule has 2 rings (SSSR count). The molecule has 0 saturated carbocycles. The molecular weight excluding hydrogens is 174 g/mol. The first-order valence-electron chi connectivity index (χ1n) is 4.43. The van der Waals surface area contributed by atoms with E-state index < -0.39 is 0 Å². The van der Waals surface area contributed by atoms with Gasteiger partial charge in [0, 0.05) is 17.5 Å². The molecule has 2 aliphatic heterocycles. The van der Waals surface area contributed by atoms with Gasteiger partial charge in [0.25, 0.3) is 0 Å². The van der Waals surface area contributed by atoms with E-state index in [1.54, 1.807) is 0 Å². The van der Waals surface area contributed by atoms with Crippen LogP contribution < -0.4 is 5.32 Å². The lowest BCUT2D eigenvalue weighted by molar-refractivity contribution is 0.597. The molecule has 0 aromatic carbocycles. The largest absolute Gasteiger partial charge is 0.304 e. The number of hydrogen-bond acceptors (Lipinski definition) is 3. The van der Waals surface area contributed by atoms with Crippen LogP contribution in [0.3, 0.4) is 0 Å². The van der Waals surface area contributed by atoms with Crippen molar-refractivity contribution in [2.45, 2.75) is 29.9 Å². The lowest BCUT2D eigenvalue weighted by Crippen LogP contribution is -2.32. The first kappa shape index (κ1) is 8.27. The first-order valence-corrected chi connectivity index (χ1v) is 6.53. The molecule has 2 saturated heterocycles. The van der Waals surface area contributed by atoms with Crippen LogP contribution in [0.1, 0.15) is 19.3 Å². The summed E-state index contributed by atoms with van der Waals surface area (Å²) < 4.78 is 0. The van der Waals surface area contributed by atoms with Gasteiger partial charge >= 0.3 is 0 Å². The maximum Gasteiger partial charge on any atom is 0.0653 e. The van der Waals surface area contributed by atoms with Crippen molar-refractivity contribution < 1.29 is 0 Å². The van der Waals surface area contributed by atoms with Crippen LogP contribution in [-0.2, 0) is 0 Å². The van der Waals surface area contributed by atoms with Gasteiger partial charge in [-0.1, -0.05) is 6.42 Å². The molecule has 2 fully saturated rings. The summed E-state index contributed by atoms with van der Waals surface area (Å²) in [5.74, 6) is 2.71.